The number of phenolic OH excluding ortho intramolecular Hbond substituents is 1. The number of rotatable bonds is 1. The largest absolute Gasteiger partial charge is 0.508 e. The molecule has 2 rings (SSSR count). The molecule has 0 atom stereocenters. The molecule has 0 amide bonds. The van der Waals surface area contributed by atoms with E-state index in [1.165, 1.54) is 12.1 Å². The molecule has 3 heteroatoms. The lowest BCUT2D eigenvalue weighted by atomic mass is 10.1. The van der Waals surface area contributed by atoms with Crippen molar-refractivity contribution >= 4 is 0 Å². The smallest absolute Gasteiger partial charge is 0.220 e. The van der Waals surface area contributed by atoms with Crippen LogP contribution in [0.5, 0.6) is 11.5 Å². The van der Waals surface area contributed by atoms with Gasteiger partial charge in [0.15, 0.2) is 5.75 Å². The lowest BCUT2D eigenvalue weighted by molar-refractivity contribution is 0.471. The van der Waals surface area contributed by atoms with Gasteiger partial charge < -0.3 is 10.2 Å². The highest BCUT2D eigenvalue weighted by Crippen LogP contribution is 2.22. The number of phenols is 1. The van der Waals surface area contributed by atoms with Gasteiger partial charge in [-0.2, -0.15) is 0 Å². The first-order valence-electron chi connectivity index (χ1n) is 4.79. The lowest BCUT2D eigenvalue weighted by Gasteiger charge is -1.98. The van der Waals surface area contributed by atoms with Gasteiger partial charge >= 0.3 is 0 Å². The Kier molecular flexibility index (Phi) is 2.60. The Morgan fingerprint density at radius 3 is 2.31 bits per heavy atom. The highest BCUT2D eigenvalue weighted by Gasteiger charge is 1.99. The maximum Gasteiger partial charge on any atom is 0.220 e. The Labute approximate surface area is 92.2 Å². The first-order chi connectivity index (χ1) is 7.66. The summed E-state index contributed by atoms with van der Waals surface area (Å²) in [6.45, 7) is 0. The van der Waals surface area contributed by atoms with Crippen LogP contribution in [0.15, 0.2) is 53.3 Å². The molecule has 0 aliphatic heterocycles. The zero-order valence-corrected chi connectivity index (χ0v) is 8.42. The van der Waals surface area contributed by atoms with Gasteiger partial charge in [0.05, 0.1) is 0 Å². The maximum absolute atomic E-state index is 11.2. The van der Waals surface area contributed by atoms with Crippen LogP contribution in [0.2, 0.25) is 0 Å². The van der Waals surface area contributed by atoms with Gasteiger partial charge in [0.1, 0.15) is 5.75 Å². The van der Waals surface area contributed by atoms with E-state index < -0.39 is 5.43 Å². The van der Waals surface area contributed by atoms with E-state index >= 15 is 0 Å². The highest BCUT2D eigenvalue weighted by molar-refractivity contribution is 5.64. The zero-order chi connectivity index (χ0) is 11.5. The second kappa shape index (κ2) is 4.06. The van der Waals surface area contributed by atoms with Crippen molar-refractivity contribution in [2.45, 2.75) is 0 Å². The number of hydrogen-bond donors (Lipinski definition) is 2. The Bertz CT molecular complexity index is 576. The molecule has 0 unspecified atom stereocenters. The quantitative estimate of drug-likeness (QED) is 0.764. The summed E-state index contributed by atoms with van der Waals surface area (Å²) in [7, 11) is 0. The molecule has 0 heterocycles. The molecule has 2 aromatic carbocycles. The summed E-state index contributed by atoms with van der Waals surface area (Å²) in [6.07, 6.45) is 0. The molecule has 3 nitrogen and oxygen atoms in total. The van der Waals surface area contributed by atoms with Crippen LogP contribution in [0, 0.1) is 0 Å². The second-order valence-electron chi connectivity index (χ2n) is 3.42. The molecule has 2 N–H and O–H groups in total. The van der Waals surface area contributed by atoms with Crippen molar-refractivity contribution in [2.75, 3.05) is 0 Å². The van der Waals surface area contributed by atoms with Gasteiger partial charge in [-0.1, -0.05) is 24.3 Å². The van der Waals surface area contributed by atoms with Gasteiger partial charge in [0.2, 0.25) is 5.43 Å². The molecular formula is C13H10O3. The predicted octanol–water partition coefficient (Wildman–Crippen LogP) is 2.13. The van der Waals surface area contributed by atoms with Gasteiger partial charge in [-0.3, -0.25) is 4.79 Å². The molecule has 0 radical (unpaired) electrons. The fraction of sp³-hybridized carbons (Fsp3) is 0. The van der Waals surface area contributed by atoms with Crippen LogP contribution in [0.4, 0.5) is 0 Å². The van der Waals surface area contributed by atoms with Crippen LogP contribution >= 0.6 is 0 Å². The average Bonchev–Trinajstić information content (AvgIpc) is 2.43. The molecule has 0 saturated carbocycles. The molecule has 0 aliphatic rings. The Morgan fingerprint density at radius 1 is 0.812 bits per heavy atom. The van der Waals surface area contributed by atoms with Crippen LogP contribution in [0.25, 0.3) is 11.1 Å². The van der Waals surface area contributed by atoms with Crippen LogP contribution in [0.3, 0.4) is 0 Å². The minimum Gasteiger partial charge on any atom is -0.508 e. The number of benzene rings is 1. The van der Waals surface area contributed by atoms with Crippen molar-refractivity contribution in [1.29, 1.82) is 0 Å². The number of aromatic hydroxyl groups is 2. The van der Waals surface area contributed by atoms with Crippen molar-refractivity contribution in [3.63, 3.8) is 0 Å². The van der Waals surface area contributed by atoms with E-state index in [2.05, 4.69) is 0 Å². The predicted molar refractivity (Wildman–Crippen MR) is 61.5 cm³/mol. The van der Waals surface area contributed by atoms with Gasteiger partial charge in [0, 0.05) is 0 Å². The summed E-state index contributed by atoms with van der Waals surface area (Å²) in [6, 6.07) is 12.6. The van der Waals surface area contributed by atoms with Crippen molar-refractivity contribution in [1.82, 2.24) is 0 Å². The van der Waals surface area contributed by atoms with Crippen molar-refractivity contribution in [3.8, 4) is 22.6 Å². The minimum absolute atomic E-state index is 0.163. The maximum atomic E-state index is 11.2. The SMILES string of the molecule is O=c1ccc(-c2cccc(O)c2)ccc1O. The van der Waals surface area contributed by atoms with E-state index in [9.17, 15) is 15.0 Å². The third kappa shape index (κ3) is 2.03. The molecule has 2 aromatic rings. The van der Waals surface area contributed by atoms with E-state index in [0.717, 1.165) is 11.1 Å². The minimum atomic E-state index is -0.425. The van der Waals surface area contributed by atoms with Gasteiger partial charge in [0.25, 0.3) is 0 Å². The molecule has 0 aliphatic carbocycles. The van der Waals surface area contributed by atoms with E-state index in [1.807, 2.05) is 6.07 Å². The monoisotopic (exact) mass is 214 g/mol. The van der Waals surface area contributed by atoms with Crippen LogP contribution in [-0.2, 0) is 0 Å². The first kappa shape index (κ1) is 10.2. The Balaban J connectivity index is 2.58. The zero-order valence-electron chi connectivity index (χ0n) is 8.42. The molecule has 0 saturated heterocycles. The molecule has 16 heavy (non-hydrogen) atoms. The third-order valence-electron chi connectivity index (χ3n) is 2.27. The van der Waals surface area contributed by atoms with Crippen LogP contribution in [0.1, 0.15) is 0 Å². The first-order valence-corrected chi connectivity index (χ1v) is 4.79. The Morgan fingerprint density at radius 2 is 1.56 bits per heavy atom. The van der Waals surface area contributed by atoms with Crippen molar-refractivity contribution in [2.24, 2.45) is 0 Å². The fourth-order valence-corrected chi connectivity index (χ4v) is 1.44. The molecule has 0 bridgehead atoms. The summed E-state index contributed by atoms with van der Waals surface area (Å²) in [5.74, 6) is -0.123. The summed E-state index contributed by atoms with van der Waals surface area (Å²) in [5.41, 5.74) is 1.12. The molecule has 0 aromatic heterocycles. The fourth-order valence-electron chi connectivity index (χ4n) is 1.44. The van der Waals surface area contributed by atoms with Gasteiger partial charge in [-0.15, -0.1) is 0 Å². The summed E-state index contributed by atoms with van der Waals surface area (Å²) >= 11 is 0. The second-order valence-corrected chi connectivity index (χ2v) is 3.42. The summed E-state index contributed by atoms with van der Waals surface area (Å²) in [5, 5.41) is 18.6. The summed E-state index contributed by atoms with van der Waals surface area (Å²) in [4.78, 5) is 11.2. The lowest BCUT2D eigenvalue weighted by Crippen LogP contribution is -1.91. The van der Waals surface area contributed by atoms with Crippen molar-refractivity contribution in [3.05, 3.63) is 58.8 Å². The molecular weight excluding hydrogens is 204 g/mol. The number of hydrogen-bond acceptors (Lipinski definition) is 3. The van der Waals surface area contributed by atoms with Crippen molar-refractivity contribution < 1.29 is 10.2 Å². The topological polar surface area (TPSA) is 57.5 Å². The third-order valence-corrected chi connectivity index (χ3v) is 2.27. The summed E-state index contributed by atoms with van der Waals surface area (Å²) < 4.78 is 0. The van der Waals surface area contributed by atoms with E-state index in [0.29, 0.717) is 0 Å². The van der Waals surface area contributed by atoms with Gasteiger partial charge in [-0.05, 0) is 35.4 Å². The Hall–Kier alpha value is -2.29. The standard InChI is InChI=1S/C13H10O3/c14-11-3-1-2-10(8-11)9-4-6-12(15)13(16)7-5-9/h1-8,14H,(H,15,16). The average molecular weight is 214 g/mol. The molecule has 0 fully saturated rings. The van der Waals surface area contributed by atoms with Gasteiger partial charge in [-0.25, -0.2) is 0 Å². The van der Waals surface area contributed by atoms with Crippen LogP contribution in [-0.4, -0.2) is 10.2 Å². The molecule has 0 spiro atoms. The van der Waals surface area contributed by atoms with E-state index in [4.69, 9.17) is 0 Å². The normalized spacial score (nSPS) is 10.0. The van der Waals surface area contributed by atoms with Crippen LogP contribution < -0.4 is 5.43 Å². The van der Waals surface area contributed by atoms with E-state index in [-0.39, 0.29) is 11.5 Å². The molecule has 80 valence electrons. The highest BCUT2D eigenvalue weighted by atomic mass is 16.3. The van der Waals surface area contributed by atoms with E-state index in [1.54, 1.807) is 30.3 Å².